The zero-order valence-electron chi connectivity index (χ0n) is 11.1. The number of halogens is 1. The molecule has 102 valence electrons. The van der Waals surface area contributed by atoms with E-state index < -0.39 is 0 Å². The number of hydrogen-bond donors (Lipinski definition) is 1. The van der Waals surface area contributed by atoms with Gasteiger partial charge in [-0.15, -0.1) is 0 Å². The highest BCUT2D eigenvalue weighted by Gasteiger charge is 2.20. The number of thioether (sulfide) groups is 1. The third-order valence-corrected chi connectivity index (χ3v) is 4.57. The molecule has 0 bridgehead atoms. The molecule has 4 heteroatoms. The minimum absolute atomic E-state index is 0.228. The van der Waals surface area contributed by atoms with Crippen LogP contribution in [0.1, 0.15) is 17.2 Å². The number of aliphatic imine (C=N–C) groups is 1. The number of rotatable bonds is 2. The largest absolute Gasteiger partial charge is 0.334 e. The molecule has 2 aromatic rings. The zero-order chi connectivity index (χ0) is 13.9. The van der Waals surface area contributed by atoms with E-state index in [1.807, 2.05) is 31.2 Å². The maximum atomic E-state index is 6.23. The number of benzene rings is 2. The number of aryl methyl sites for hydroxylation is 1. The maximum Gasteiger partial charge on any atom is 0.161 e. The second-order valence-corrected chi connectivity index (χ2v) is 6.14. The smallest absolute Gasteiger partial charge is 0.161 e. The van der Waals surface area contributed by atoms with Gasteiger partial charge in [0.2, 0.25) is 0 Å². The van der Waals surface area contributed by atoms with Gasteiger partial charge in [-0.3, -0.25) is 4.99 Å². The Morgan fingerprint density at radius 2 is 1.95 bits per heavy atom. The third-order valence-electron chi connectivity index (χ3n) is 3.29. The van der Waals surface area contributed by atoms with Crippen LogP contribution in [0.4, 0.5) is 5.69 Å². The van der Waals surface area contributed by atoms with E-state index in [1.54, 1.807) is 11.8 Å². The Balaban J connectivity index is 1.80. The van der Waals surface area contributed by atoms with Crippen molar-refractivity contribution in [2.45, 2.75) is 13.0 Å². The summed E-state index contributed by atoms with van der Waals surface area (Å²) in [4.78, 5) is 4.75. The summed E-state index contributed by atoms with van der Waals surface area (Å²) in [6.45, 7) is 2.04. The number of para-hydroxylation sites is 1. The minimum atomic E-state index is 0.228. The van der Waals surface area contributed by atoms with Gasteiger partial charge in [-0.25, -0.2) is 0 Å². The van der Waals surface area contributed by atoms with Crippen LogP contribution >= 0.6 is 23.4 Å². The summed E-state index contributed by atoms with van der Waals surface area (Å²) < 4.78 is 0. The molecule has 0 aromatic heterocycles. The summed E-state index contributed by atoms with van der Waals surface area (Å²) in [6, 6.07) is 16.5. The molecule has 0 fully saturated rings. The Bertz CT molecular complexity index is 620. The van der Waals surface area contributed by atoms with Crippen LogP contribution < -0.4 is 5.32 Å². The lowest BCUT2D eigenvalue weighted by Crippen LogP contribution is -2.06. The molecule has 1 aliphatic heterocycles. The normalized spacial score (nSPS) is 17.9. The van der Waals surface area contributed by atoms with E-state index in [2.05, 4.69) is 29.6 Å². The summed E-state index contributed by atoms with van der Waals surface area (Å²) in [7, 11) is 0. The summed E-state index contributed by atoms with van der Waals surface area (Å²) in [6.07, 6.45) is 0. The second kappa shape index (κ2) is 5.90. The maximum absolute atomic E-state index is 6.23. The molecular formula is C16H15ClN2S. The topological polar surface area (TPSA) is 24.4 Å². The van der Waals surface area contributed by atoms with Crippen molar-refractivity contribution in [1.29, 1.82) is 0 Å². The molecule has 0 spiro atoms. The van der Waals surface area contributed by atoms with Crippen LogP contribution in [0.5, 0.6) is 0 Å². The minimum Gasteiger partial charge on any atom is -0.334 e. The highest BCUT2D eigenvalue weighted by Crippen LogP contribution is 2.33. The Morgan fingerprint density at radius 3 is 2.70 bits per heavy atom. The molecular weight excluding hydrogens is 288 g/mol. The summed E-state index contributed by atoms with van der Waals surface area (Å²) in [5, 5.41) is 5.03. The fourth-order valence-corrected chi connectivity index (χ4v) is 3.41. The predicted molar refractivity (Wildman–Crippen MR) is 88.9 cm³/mol. The standard InChI is InChI=1S/C16H15ClN2S/c1-11-6-5-9-13(17)15(11)19-16-18-14(10-20-16)12-7-3-2-4-8-12/h2-9,14H,10H2,1H3,(H,18,19). The lowest BCUT2D eigenvalue weighted by atomic mass is 10.1. The molecule has 2 aromatic carbocycles. The first kappa shape index (κ1) is 13.5. The summed E-state index contributed by atoms with van der Waals surface area (Å²) in [5.74, 6) is 0.968. The van der Waals surface area contributed by atoms with E-state index in [0.717, 1.165) is 27.2 Å². The zero-order valence-corrected chi connectivity index (χ0v) is 12.7. The molecule has 2 nitrogen and oxygen atoms in total. The van der Waals surface area contributed by atoms with Gasteiger partial charge < -0.3 is 5.32 Å². The first-order valence-corrected chi connectivity index (χ1v) is 7.88. The summed E-state index contributed by atoms with van der Waals surface area (Å²) >= 11 is 7.97. The van der Waals surface area contributed by atoms with Crippen LogP contribution in [0.15, 0.2) is 53.5 Å². The average molecular weight is 303 g/mol. The van der Waals surface area contributed by atoms with Gasteiger partial charge >= 0.3 is 0 Å². The molecule has 0 aliphatic carbocycles. The Kier molecular flexibility index (Phi) is 3.99. The monoisotopic (exact) mass is 302 g/mol. The van der Waals surface area contributed by atoms with Crippen LogP contribution in [0.3, 0.4) is 0 Å². The average Bonchev–Trinajstić information content (AvgIpc) is 2.93. The number of nitrogens with zero attached hydrogens (tertiary/aromatic N) is 1. The molecule has 1 atom stereocenters. The van der Waals surface area contributed by atoms with Crippen LogP contribution in [-0.4, -0.2) is 10.9 Å². The molecule has 0 amide bonds. The Hall–Kier alpha value is -1.45. The van der Waals surface area contributed by atoms with Gasteiger partial charge in [0.05, 0.1) is 16.8 Å². The van der Waals surface area contributed by atoms with Gasteiger partial charge in [-0.05, 0) is 24.1 Å². The molecule has 0 radical (unpaired) electrons. The van der Waals surface area contributed by atoms with Crippen LogP contribution in [0.25, 0.3) is 0 Å². The van der Waals surface area contributed by atoms with Gasteiger partial charge in [0.15, 0.2) is 5.17 Å². The molecule has 1 aliphatic rings. The molecule has 3 rings (SSSR count). The van der Waals surface area contributed by atoms with Crippen molar-refractivity contribution in [3.8, 4) is 0 Å². The molecule has 0 saturated heterocycles. The van der Waals surface area contributed by atoms with Crippen molar-refractivity contribution in [3.63, 3.8) is 0 Å². The van der Waals surface area contributed by atoms with Crippen LogP contribution in [0.2, 0.25) is 5.02 Å². The number of amidine groups is 1. The van der Waals surface area contributed by atoms with Gasteiger partial charge in [0.25, 0.3) is 0 Å². The first-order valence-electron chi connectivity index (χ1n) is 6.52. The lowest BCUT2D eigenvalue weighted by Gasteiger charge is -2.10. The lowest BCUT2D eigenvalue weighted by molar-refractivity contribution is 0.849. The number of hydrogen-bond acceptors (Lipinski definition) is 3. The van der Waals surface area contributed by atoms with Gasteiger partial charge in [-0.1, -0.05) is 65.8 Å². The Labute approximate surface area is 128 Å². The number of nitrogens with one attached hydrogen (secondary N) is 1. The van der Waals surface area contributed by atoms with Gasteiger partial charge in [-0.2, -0.15) is 0 Å². The van der Waals surface area contributed by atoms with Gasteiger partial charge in [0, 0.05) is 5.75 Å². The van der Waals surface area contributed by atoms with E-state index in [9.17, 15) is 0 Å². The molecule has 1 N–H and O–H groups in total. The van der Waals surface area contributed by atoms with Crippen molar-refractivity contribution in [2.75, 3.05) is 11.1 Å². The van der Waals surface area contributed by atoms with Crippen molar-refractivity contribution in [2.24, 2.45) is 4.99 Å². The molecule has 1 heterocycles. The molecule has 0 saturated carbocycles. The fraction of sp³-hybridized carbons (Fsp3) is 0.188. The highest BCUT2D eigenvalue weighted by molar-refractivity contribution is 8.14. The summed E-state index contributed by atoms with van der Waals surface area (Å²) in [5.41, 5.74) is 3.34. The quantitative estimate of drug-likeness (QED) is 0.853. The van der Waals surface area contributed by atoms with Crippen LogP contribution in [0, 0.1) is 6.92 Å². The van der Waals surface area contributed by atoms with Crippen molar-refractivity contribution >= 4 is 34.2 Å². The number of anilines is 1. The Morgan fingerprint density at radius 1 is 1.15 bits per heavy atom. The highest BCUT2D eigenvalue weighted by atomic mass is 35.5. The first-order chi connectivity index (χ1) is 9.74. The fourth-order valence-electron chi connectivity index (χ4n) is 2.19. The SMILES string of the molecule is Cc1cccc(Cl)c1NC1=NC(c2ccccc2)CS1. The van der Waals surface area contributed by atoms with E-state index >= 15 is 0 Å². The third kappa shape index (κ3) is 2.84. The van der Waals surface area contributed by atoms with E-state index in [4.69, 9.17) is 16.6 Å². The van der Waals surface area contributed by atoms with Crippen molar-refractivity contribution in [3.05, 3.63) is 64.7 Å². The van der Waals surface area contributed by atoms with Crippen LogP contribution in [-0.2, 0) is 0 Å². The van der Waals surface area contributed by atoms with E-state index in [1.165, 1.54) is 5.56 Å². The predicted octanol–water partition coefficient (Wildman–Crippen LogP) is 4.90. The van der Waals surface area contributed by atoms with Crippen molar-refractivity contribution < 1.29 is 0 Å². The molecule has 1 unspecified atom stereocenters. The van der Waals surface area contributed by atoms with E-state index in [-0.39, 0.29) is 6.04 Å². The second-order valence-electron chi connectivity index (χ2n) is 4.73. The van der Waals surface area contributed by atoms with E-state index in [0.29, 0.717) is 0 Å². The molecule has 20 heavy (non-hydrogen) atoms. The van der Waals surface area contributed by atoms with Crippen molar-refractivity contribution in [1.82, 2.24) is 0 Å². The van der Waals surface area contributed by atoms with Gasteiger partial charge in [0.1, 0.15) is 0 Å².